The fourth-order valence-electron chi connectivity index (χ4n) is 4.84. The van der Waals surface area contributed by atoms with Gasteiger partial charge >= 0.3 is 0 Å². The van der Waals surface area contributed by atoms with Gasteiger partial charge in [-0.2, -0.15) is 0 Å². The van der Waals surface area contributed by atoms with E-state index in [-0.39, 0.29) is 0 Å². The topological polar surface area (TPSA) is 25.8 Å². The summed E-state index contributed by atoms with van der Waals surface area (Å²) in [5, 5.41) is 1.75. The van der Waals surface area contributed by atoms with Gasteiger partial charge in [-0.1, -0.05) is 72.3 Å². The smallest absolute Gasteiger partial charge is 0.159 e. The maximum absolute atomic E-state index is 6.53. The summed E-state index contributed by atoms with van der Waals surface area (Å²) in [6.07, 6.45) is 1.79. The molecule has 0 saturated carbocycles. The van der Waals surface area contributed by atoms with Crippen molar-refractivity contribution in [2.45, 2.75) is 5.41 Å². The van der Waals surface area contributed by atoms with Gasteiger partial charge in [0.15, 0.2) is 5.65 Å². The van der Waals surface area contributed by atoms with Crippen molar-refractivity contribution in [2.75, 3.05) is 0 Å². The fourth-order valence-corrected chi connectivity index (χ4v) is 5.01. The van der Waals surface area contributed by atoms with Gasteiger partial charge in [0.05, 0.1) is 11.1 Å². The van der Waals surface area contributed by atoms with Gasteiger partial charge < -0.3 is 0 Å². The van der Waals surface area contributed by atoms with Crippen LogP contribution in [0.2, 0.25) is 5.02 Å². The Balaban J connectivity index is 1.80. The molecule has 0 saturated heterocycles. The Morgan fingerprint density at radius 1 is 0.667 bits per heavy atom. The van der Waals surface area contributed by atoms with Gasteiger partial charge in [0.2, 0.25) is 0 Å². The summed E-state index contributed by atoms with van der Waals surface area (Å²) in [6.45, 7) is 0. The number of aromatic nitrogens is 2. The van der Waals surface area contributed by atoms with E-state index in [4.69, 9.17) is 16.6 Å². The van der Waals surface area contributed by atoms with Crippen LogP contribution >= 0.6 is 11.6 Å². The Morgan fingerprint density at radius 2 is 1.47 bits per heavy atom. The minimum Gasteiger partial charge on any atom is -0.237 e. The van der Waals surface area contributed by atoms with Crippen molar-refractivity contribution in [3.63, 3.8) is 0 Å². The Kier molecular flexibility index (Phi) is 3.77. The van der Waals surface area contributed by atoms with Crippen LogP contribution in [0.15, 0.2) is 103 Å². The van der Waals surface area contributed by atoms with E-state index in [0.717, 1.165) is 27.3 Å². The highest BCUT2D eigenvalue weighted by atomic mass is 35.5. The first-order valence-corrected chi connectivity index (χ1v) is 10.3. The molecule has 0 bridgehead atoms. The lowest BCUT2D eigenvalue weighted by Gasteiger charge is -2.32. The van der Waals surface area contributed by atoms with Crippen LogP contribution in [0.5, 0.6) is 0 Å². The number of hydrogen-bond donors (Lipinski definition) is 0. The maximum Gasteiger partial charge on any atom is 0.159 e. The highest BCUT2D eigenvalue weighted by Gasteiger charge is 2.47. The third-order valence-corrected chi connectivity index (χ3v) is 6.30. The number of nitrogens with zero attached hydrogens (tertiary/aromatic N) is 2. The summed E-state index contributed by atoms with van der Waals surface area (Å²) < 4.78 is 0. The predicted molar refractivity (Wildman–Crippen MR) is 122 cm³/mol. The van der Waals surface area contributed by atoms with Gasteiger partial charge in [0.1, 0.15) is 0 Å². The normalized spacial score (nSPS) is 17.0. The molecular weight excluding hydrogens is 388 g/mol. The van der Waals surface area contributed by atoms with Crippen LogP contribution in [0.1, 0.15) is 22.4 Å². The molecule has 0 spiro atoms. The first-order chi connectivity index (χ1) is 14.8. The number of fused-ring (bicyclic) bond motifs is 4. The molecule has 1 aliphatic rings. The molecule has 0 radical (unpaired) electrons. The van der Waals surface area contributed by atoms with Crippen LogP contribution < -0.4 is 0 Å². The third-order valence-electron chi connectivity index (χ3n) is 6.06. The Bertz CT molecular complexity index is 1410. The van der Waals surface area contributed by atoms with Crippen LogP contribution in [0.25, 0.3) is 22.2 Å². The van der Waals surface area contributed by atoms with Crippen molar-refractivity contribution >= 4 is 22.6 Å². The first kappa shape index (κ1) is 17.4. The zero-order valence-corrected chi connectivity index (χ0v) is 16.8. The highest BCUT2D eigenvalue weighted by Crippen LogP contribution is 2.56. The summed E-state index contributed by atoms with van der Waals surface area (Å²) in [7, 11) is 0. The summed E-state index contributed by atoms with van der Waals surface area (Å²) in [5.41, 5.74) is 7.11. The van der Waals surface area contributed by atoms with Crippen LogP contribution in [-0.4, -0.2) is 9.97 Å². The average Bonchev–Trinajstić information content (AvgIpc) is 3.09. The van der Waals surface area contributed by atoms with E-state index in [0.29, 0.717) is 0 Å². The van der Waals surface area contributed by atoms with Crippen LogP contribution in [0.3, 0.4) is 0 Å². The number of rotatable bonds is 2. The molecule has 2 nitrogen and oxygen atoms in total. The summed E-state index contributed by atoms with van der Waals surface area (Å²) in [4.78, 5) is 9.61. The number of pyridine rings is 2. The van der Waals surface area contributed by atoms with E-state index in [1.807, 2.05) is 24.3 Å². The second-order valence-electron chi connectivity index (χ2n) is 7.60. The van der Waals surface area contributed by atoms with Gasteiger partial charge in [0.25, 0.3) is 0 Å². The van der Waals surface area contributed by atoms with E-state index >= 15 is 0 Å². The largest absolute Gasteiger partial charge is 0.237 e. The molecule has 1 aliphatic carbocycles. The minimum absolute atomic E-state index is 0.552. The Hall–Kier alpha value is -3.49. The number of benzene rings is 3. The maximum atomic E-state index is 6.53. The van der Waals surface area contributed by atoms with Gasteiger partial charge in [0, 0.05) is 16.6 Å². The van der Waals surface area contributed by atoms with E-state index in [2.05, 4.69) is 77.8 Å². The molecule has 0 fully saturated rings. The molecule has 6 rings (SSSR count). The van der Waals surface area contributed by atoms with Crippen LogP contribution in [0.4, 0.5) is 0 Å². The Labute approximate surface area is 179 Å². The molecule has 1 atom stereocenters. The lowest BCUT2D eigenvalue weighted by atomic mass is 9.70. The molecule has 30 heavy (non-hydrogen) atoms. The van der Waals surface area contributed by atoms with Crippen molar-refractivity contribution in [1.82, 2.24) is 9.97 Å². The van der Waals surface area contributed by atoms with Crippen LogP contribution in [-0.2, 0) is 5.41 Å². The zero-order valence-electron chi connectivity index (χ0n) is 16.1. The molecule has 0 N–H and O–H groups in total. The van der Waals surface area contributed by atoms with Gasteiger partial charge in [-0.3, -0.25) is 0 Å². The van der Waals surface area contributed by atoms with Crippen molar-refractivity contribution < 1.29 is 0 Å². The van der Waals surface area contributed by atoms with Crippen molar-refractivity contribution in [3.05, 3.63) is 131 Å². The predicted octanol–water partition coefficient (Wildman–Crippen LogP) is 6.65. The Morgan fingerprint density at radius 3 is 2.37 bits per heavy atom. The van der Waals surface area contributed by atoms with Gasteiger partial charge in [-0.15, -0.1) is 0 Å². The molecule has 2 aromatic heterocycles. The fraction of sp³-hybridized carbons (Fsp3) is 0.0370. The lowest BCUT2D eigenvalue weighted by Crippen LogP contribution is -2.29. The number of hydrogen-bond acceptors (Lipinski definition) is 2. The van der Waals surface area contributed by atoms with Crippen LogP contribution in [0, 0.1) is 0 Å². The minimum atomic E-state index is -0.552. The molecule has 0 aliphatic heterocycles. The monoisotopic (exact) mass is 404 g/mol. The van der Waals surface area contributed by atoms with Crippen molar-refractivity contribution in [3.8, 4) is 11.1 Å². The summed E-state index contributed by atoms with van der Waals surface area (Å²) in [6, 6.07) is 33.6. The highest BCUT2D eigenvalue weighted by molar-refractivity contribution is 6.30. The summed E-state index contributed by atoms with van der Waals surface area (Å²) in [5.74, 6) is 0. The van der Waals surface area contributed by atoms with Gasteiger partial charge in [-0.25, -0.2) is 9.97 Å². The third kappa shape index (κ3) is 2.31. The second kappa shape index (κ2) is 6.51. The molecule has 1 unspecified atom stereocenters. The summed E-state index contributed by atoms with van der Waals surface area (Å²) >= 11 is 6.53. The van der Waals surface area contributed by atoms with E-state index in [1.54, 1.807) is 6.20 Å². The first-order valence-electron chi connectivity index (χ1n) is 9.96. The molecule has 5 aromatic rings. The lowest BCUT2D eigenvalue weighted by molar-refractivity contribution is 0.738. The second-order valence-corrected chi connectivity index (χ2v) is 8.03. The number of halogens is 1. The average molecular weight is 405 g/mol. The van der Waals surface area contributed by atoms with Crippen molar-refractivity contribution in [2.24, 2.45) is 0 Å². The molecule has 0 amide bonds. The van der Waals surface area contributed by atoms with E-state index < -0.39 is 5.41 Å². The molecule has 2 heterocycles. The molecule has 3 heteroatoms. The molecular formula is C27H17ClN2. The molecule has 3 aromatic carbocycles. The standard InChI is InChI=1S/C27H17ClN2/c28-20-13-14-22-21-10-4-5-11-23(21)27(24(22)17-20,19-8-2-1-3-9-19)25-15-12-18-7-6-16-29-26(18)30-25/h1-17H. The SMILES string of the molecule is Clc1ccc2c(c1)C(c1ccccc1)(c1ccc3cccnc3n1)c1ccccc1-2. The quantitative estimate of drug-likeness (QED) is 0.323. The zero-order chi connectivity index (χ0) is 20.1. The van der Waals surface area contributed by atoms with Crippen molar-refractivity contribution in [1.29, 1.82) is 0 Å². The van der Waals surface area contributed by atoms with E-state index in [1.165, 1.54) is 22.3 Å². The van der Waals surface area contributed by atoms with E-state index in [9.17, 15) is 0 Å². The van der Waals surface area contributed by atoms with Gasteiger partial charge in [-0.05, 0) is 64.2 Å². The molecule has 142 valence electrons.